The number of fused-ring (bicyclic) bond motifs is 3. The highest BCUT2D eigenvalue weighted by atomic mass is 32.2. The number of hydrogen-bond donors (Lipinski definition) is 0. The highest BCUT2D eigenvalue weighted by molar-refractivity contribution is 7.95. The minimum Gasteiger partial charge on any atom is -0.328 e. The predicted molar refractivity (Wildman–Crippen MR) is 142 cm³/mol. The molecule has 13 heteroatoms. The Morgan fingerprint density at radius 1 is 0.700 bits per heavy atom. The number of hydrogen-bond acceptors (Lipinski definition) is 4. The first kappa shape index (κ1) is 34.1. The maximum absolute atomic E-state index is 13.1. The smallest absolute Gasteiger partial charge is 0.328 e. The van der Waals surface area contributed by atoms with Crippen LogP contribution in [0.15, 0.2) is 46.2 Å². The fourth-order valence-electron chi connectivity index (χ4n) is 4.57. The summed E-state index contributed by atoms with van der Waals surface area (Å²) in [6.45, 7) is 7.26. The zero-order valence-electron chi connectivity index (χ0n) is 23.0. The molecule has 0 amide bonds. The first-order valence-electron chi connectivity index (χ1n) is 13.0. The number of halogens is 6. The number of quaternary nitrogens is 1. The number of nitrogens with zero attached hydrogens (tertiary/aromatic N) is 1. The summed E-state index contributed by atoms with van der Waals surface area (Å²) in [5.41, 5.74) is -11.9. The summed E-state index contributed by atoms with van der Waals surface area (Å²) >= 11 is 0. The van der Waals surface area contributed by atoms with Gasteiger partial charge in [-0.2, -0.15) is 26.3 Å². The highest BCUT2D eigenvalue weighted by Crippen LogP contribution is 2.47. The highest BCUT2D eigenvalue weighted by Gasteiger charge is 2.55. The van der Waals surface area contributed by atoms with Crippen LogP contribution in [0.5, 0.6) is 0 Å². The van der Waals surface area contributed by atoms with Crippen molar-refractivity contribution in [1.82, 2.24) is 0 Å². The first-order chi connectivity index (χ1) is 18.3. The molecule has 1 aliphatic rings. The average molecular weight is 617 g/mol. The fraction of sp³-hybridized carbons (Fsp3) is 0.556. The van der Waals surface area contributed by atoms with Crippen LogP contribution in [-0.2, 0) is 26.1 Å². The minimum atomic E-state index is -6.37. The Balaban J connectivity index is 0.000000366. The molecule has 226 valence electrons. The summed E-state index contributed by atoms with van der Waals surface area (Å²) in [6, 6.07) is 7.06. The largest absolute Gasteiger partial charge is 0.501 e. The van der Waals surface area contributed by atoms with E-state index < -0.39 is 52.5 Å². The van der Waals surface area contributed by atoms with E-state index in [1.54, 1.807) is 0 Å². The normalized spacial score (nSPS) is 13.8. The molecule has 0 aromatic heterocycles. The van der Waals surface area contributed by atoms with Crippen LogP contribution < -0.4 is 0 Å². The molecular weight excluding hydrogens is 580 g/mol. The van der Waals surface area contributed by atoms with Crippen LogP contribution in [0.3, 0.4) is 0 Å². The van der Waals surface area contributed by atoms with Crippen LogP contribution in [0.1, 0.15) is 63.5 Å². The van der Waals surface area contributed by atoms with Gasteiger partial charge in [-0.3, -0.25) is 0 Å². The Morgan fingerprint density at radius 3 is 1.80 bits per heavy atom. The van der Waals surface area contributed by atoms with Gasteiger partial charge in [-0.1, -0.05) is 63.4 Å². The lowest BCUT2D eigenvalue weighted by Crippen LogP contribution is -2.41. The van der Waals surface area contributed by atoms with E-state index in [1.807, 2.05) is 0 Å². The van der Waals surface area contributed by atoms with Crippen molar-refractivity contribution in [2.75, 3.05) is 27.2 Å². The van der Waals surface area contributed by atoms with Gasteiger partial charge in [0.1, 0.15) is 0 Å². The maximum atomic E-state index is 13.1. The zero-order chi connectivity index (χ0) is 30.6. The molecule has 0 aliphatic heterocycles. The first-order valence-corrected chi connectivity index (χ1v) is 16.0. The number of rotatable bonds is 10. The quantitative estimate of drug-likeness (QED) is 0.136. The van der Waals surface area contributed by atoms with Crippen LogP contribution in [0.4, 0.5) is 26.3 Å². The molecule has 0 spiro atoms. The second kappa shape index (κ2) is 12.8. The Kier molecular flexibility index (Phi) is 10.9. The van der Waals surface area contributed by atoms with E-state index in [0.29, 0.717) is 11.1 Å². The van der Waals surface area contributed by atoms with E-state index in [9.17, 15) is 43.2 Å². The van der Waals surface area contributed by atoms with Gasteiger partial charge >= 0.3 is 11.0 Å². The van der Waals surface area contributed by atoms with Crippen molar-refractivity contribution in [2.24, 2.45) is 0 Å². The number of unbranched alkanes of at least 4 members (excludes halogenated alkanes) is 4. The number of benzene rings is 2. The van der Waals surface area contributed by atoms with Gasteiger partial charge in [0.25, 0.3) is 19.7 Å². The molecule has 0 saturated heterocycles. The average Bonchev–Trinajstić information content (AvgIpc) is 3.22. The molecule has 1 aliphatic carbocycles. The molecule has 0 fully saturated rings. The Labute approximate surface area is 232 Å². The van der Waals surface area contributed by atoms with Gasteiger partial charge in [-0.05, 0) is 47.6 Å². The SMILES string of the molecule is CCCCCC[N+](C)(C)CCCC.O=S(=O)(c1ccc2c(c1S(=O)(=O)C(F)(F)F)Cc1ccccc1-2)C(F)(F)F. The standard InChI is InChI=1S/C15H8F6O4S2.C12H28N/c16-14(17,18)26(22,23)12-6-5-10-9-4-2-1-3-8(9)7-11(10)13(12)27(24,25)15(19,20)21;1-5-7-9-10-12-13(3,4)11-8-6-2/h1-6H,7H2;5-12H2,1-4H3/q;+1. The summed E-state index contributed by atoms with van der Waals surface area (Å²) in [6.07, 6.45) is 7.85. The van der Waals surface area contributed by atoms with Gasteiger partial charge < -0.3 is 4.48 Å². The van der Waals surface area contributed by atoms with Crippen LogP contribution in [0.2, 0.25) is 0 Å². The topological polar surface area (TPSA) is 68.3 Å². The molecular formula is C27H36F6NO4S2+. The second-order valence-corrected chi connectivity index (χ2v) is 14.2. The summed E-state index contributed by atoms with van der Waals surface area (Å²) in [5, 5.41) is 0. The molecule has 0 N–H and O–H groups in total. The van der Waals surface area contributed by atoms with Gasteiger partial charge in [0.2, 0.25) is 0 Å². The van der Waals surface area contributed by atoms with Crippen molar-refractivity contribution in [2.45, 2.75) is 79.6 Å². The van der Waals surface area contributed by atoms with E-state index in [1.165, 1.54) is 80.4 Å². The molecule has 0 radical (unpaired) electrons. The molecule has 0 heterocycles. The Hall–Kier alpha value is -2.12. The van der Waals surface area contributed by atoms with E-state index in [2.05, 4.69) is 27.9 Å². The molecule has 0 unspecified atom stereocenters. The maximum Gasteiger partial charge on any atom is 0.501 e. The van der Waals surface area contributed by atoms with Gasteiger partial charge in [-0.15, -0.1) is 0 Å². The van der Waals surface area contributed by atoms with Crippen LogP contribution >= 0.6 is 0 Å². The van der Waals surface area contributed by atoms with Crippen LogP contribution in [-0.4, -0.2) is 59.5 Å². The second-order valence-electron chi connectivity index (χ2n) is 10.4. The molecule has 5 nitrogen and oxygen atoms in total. The summed E-state index contributed by atoms with van der Waals surface area (Å²) < 4.78 is 127. The van der Waals surface area contributed by atoms with Crippen molar-refractivity contribution in [3.63, 3.8) is 0 Å². The van der Waals surface area contributed by atoms with Gasteiger partial charge in [0, 0.05) is 6.42 Å². The molecule has 40 heavy (non-hydrogen) atoms. The zero-order valence-corrected chi connectivity index (χ0v) is 24.6. The third kappa shape index (κ3) is 7.58. The van der Waals surface area contributed by atoms with Gasteiger partial charge in [-0.25, -0.2) is 16.8 Å². The van der Waals surface area contributed by atoms with Crippen molar-refractivity contribution >= 4 is 19.7 Å². The van der Waals surface area contributed by atoms with Crippen molar-refractivity contribution < 1.29 is 47.7 Å². The molecule has 0 saturated carbocycles. The monoisotopic (exact) mass is 616 g/mol. The van der Waals surface area contributed by atoms with Crippen molar-refractivity contribution in [3.8, 4) is 11.1 Å². The molecule has 0 bridgehead atoms. The molecule has 2 aromatic carbocycles. The summed E-state index contributed by atoms with van der Waals surface area (Å²) in [5.74, 6) is 0. The lowest BCUT2D eigenvalue weighted by atomic mass is 10.1. The van der Waals surface area contributed by atoms with E-state index >= 15 is 0 Å². The van der Waals surface area contributed by atoms with Crippen LogP contribution in [0.25, 0.3) is 11.1 Å². The van der Waals surface area contributed by atoms with E-state index in [4.69, 9.17) is 0 Å². The van der Waals surface area contributed by atoms with E-state index in [-0.39, 0.29) is 11.6 Å². The summed E-state index contributed by atoms with van der Waals surface area (Å²) in [4.78, 5) is -3.81. The lowest BCUT2D eigenvalue weighted by molar-refractivity contribution is -0.890. The third-order valence-corrected chi connectivity index (χ3v) is 10.1. The number of alkyl halides is 6. The number of sulfone groups is 2. The van der Waals surface area contributed by atoms with Crippen molar-refractivity contribution in [3.05, 3.63) is 47.5 Å². The third-order valence-electron chi connectivity index (χ3n) is 6.80. The van der Waals surface area contributed by atoms with E-state index in [0.717, 1.165) is 6.07 Å². The fourth-order valence-corrected chi connectivity index (χ4v) is 7.17. The Bertz CT molecular complexity index is 1380. The molecule has 0 atom stereocenters. The minimum absolute atomic E-state index is 0.0606. The van der Waals surface area contributed by atoms with Crippen LogP contribution in [0, 0.1) is 0 Å². The predicted octanol–water partition coefficient (Wildman–Crippen LogP) is 7.29. The lowest BCUT2D eigenvalue weighted by Gasteiger charge is -2.29. The molecule has 2 aromatic rings. The van der Waals surface area contributed by atoms with Crippen molar-refractivity contribution in [1.29, 1.82) is 0 Å². The van der Waals surface area contributed by atoms with Gasteiger partial charge in [0.15, 0.2) is 0 Å². The van der Waals surface area contributed by atoms with Gasteiger partial charge in [0.05, 0.1) is 37.0 Å². The Morgan fingerprint density at radius 2 is 1.25 bits per heavy atom. The summed E-state index contributed by atoms with van der Waals surface area (Å²) in [7, 11) is -7.99. The molecule has 3 rings (SSSR count).